The van der Waals surface area contributed by atoms with E-state index in [1.165, 1.54) is 12.1 Å². The minimum Gasteiger partial charge on any atom is -0.357 e. The Kier molecular flexibility index (Phi) is 11.1. The van der Waals surface area contributed by atoms with Gasteiger partial charge >= 0.3 is 0 Å². The second kappa shape index (κ2) is 15.0. The molecule has 6 rings (SSSR count). The van der Waals surface area contributed by atoms with Gasteiger partial charge in [-0.3, -0.25) is 19.4 Å². The average molecular weight is 614 g/mol. The molecule has 1 aliphatic carbocycles. The summed E-state index contributed by atoms with van der Waals surface area (Å²) in [4.78, 5) is 45.7. The van der Waals surface area contributed by atoms with Gasteiger partial charge in [0, 0.05) is 47.6 Å². The molecule has 5 atom stereocenters. The summed E-state index contributed by atoms with van der Waals surface area (Å²) < 4.78 is 13.2. The normalized spacial score (nSPS) is 20.1. The Labute approximate surface area is 265 Å². The number of hydrogen-bond donors (Lipinski definition) is 2. The smallest absolute Gasteiger partial charge is 0.242 e. The van der Waals surface area contributed by atoms with Gasteiger partial charge < -0.3 is 20.1 Å². The summed E-state index contributed by atoms with van der Waals surface area (Å²) in [5.41, 5.74) is 5.95. The Morgan fingerprint density at radius 2 is 1.82 bits per heavy atom. The number of amides is 3. The highest BCUT2D eigenvalue weighted by Gasteiger charge is 2.58. The van der Waals surface area contributed by atoms with Crippen molar-refractivity contribution >= 4 is 29.6 Å². The van der Waals surface area contributed by atoms with E-state index in [1.807, 2.05) is 62.9 Å². The molecule has 2 N–H and O–H groups in total. The molecule has 45 heavy (non-hydrogen) atoms. The molecular formula is C36H44FN5O3. The van der Waals surface area contributed by atoms with E-state index in [0.29, 0.717) is 30.8 Å². The Bertz CT molecular complexity index is 1570. The minimum atomic E-state index is -0.268. The summed E-state index contributed by atoms with van der Waals surface area (Å²) in [5, 5.41) is 3.75. The van der Waals surface area contributed by atoms with Gasteiger partial charge in [0.25, 0.3) is 0 Å². The molecule has 238 valence electrons. The second-order valence-electron chi connectivity index (χ2n) is 11.8. The third kappa shape index (κ3) is 7.77. The zero-order chi connectivity index (χ0) is 32.7. The van der Waals surface area contributed by atoms with Crippen molar-refractivity contribution in [1.29, 1.82) is 0 Å². The van der Waals surface area contributed by atoms with Crippen LogP contribution in [-0.4, -0.2) is 57.1 Å². The molecule has 8 nitrogen and oxygen atoms in total. The van der Waals surface area contributed by atoms with Crippen LogP contribution in [0.3, 0.4) is 0 Å². The summed E-state index contributed by atoms with van der Waals surface area (Å²) in [5.74, 6) is 0.978. The number of halogens is 1. The maximum absolute atomic E-state index is 13.2. The first-order chi connectivity index (χ1) is 21.7. The molecule has 4 aromatic rings. The predicted molar refractivity (Wildman–Crippen MR) is 175 cm³/mol. The topological polar surface area (TPSA) is 98.4 Å². The Hall–Kier alpha value is -4.53. The number of H-pyrrole nitrogens is 1. The number of aromatic amines is 1. The first-order valence-corrected chi connectivity index (χ1v) is 15.7. The molecular weight excluding hydrogens is 569 g/mol. The first-order valence-electron chi connectivity index (χ1n) is 15.7. The van der Waals surface area contributed by atoms with Gasteiger partial charge in [0.2, 0.25) is 18.7 Å². The van der Waals surface area contributed by atoms with Crippen LogP contribution in [-0.2, 0) is 20.9 Å². The Morgan fingerprint density at radius 3 is 2.47 bits per heavy atom. The number of nitrogens with one attached hydrogen (secondary N) is 2. The van der Waals surface area contributed by atoms with E-state index in [0.717, 1.165) is 51.7 Å². The van der Waals surface area contributed by atoms with Crippen molar-refractivity contribution < 1.29 is 18.8 Å². The maximum Gasteiger partial charge on any atom is 0.242 e. The van der Waals surface area contributed by atoms with E-state index in [-0.39, 0.29) is 30.4 Å². The van der Waals surface area contributed by atoms with Crippen LogP contribution in [0.25, 0.3) is 22.0 Å². The van der Waals surface area contributed by atoms with E-state index in [4.69, 9.17) is 0 Å². The lowest BCUT2D eigenvalue weighted by molar-refractivity contribution is -0.137. The molecule has 3 heterocycles. The summed E-state index contributed by atoms with van der Waals surface area (Å²) >= 11 is 0. The Balaban J connectivity index is 0.000000241. The number of hydrogen-bond acceptors (Lipinski definition) is 4. The third-order valence-electron chi connectivity index (χ3n) is 8.82. The number of pyridine rings is 1. The summed E-state index contributed by atoms with van der Waals surface area (Å²) in [6, 6.07) is 16.9. The minimum absolute atomic E-state index is 0.0000926. The lowest BCUT2D eigenvalue weighted by Crippen LogP contribution is -2.44. The molecule has 2 aromatic carbocycles. The van der Waals surface area contributed by atoms with Gasteiger partial charge in [-0.1, -0.05) is 45.0 Å². The monoisotopic (exact) mass is 613 g/mol. The fourth-order valence-corrected chi connectivity index (χ4v) is 6.24. The van der Waals surface area contributed by atoms with E-state index in [1.54, 1.807) is 29.4 Å². The number of benzene rings is 2. The molecule has 1 saturated carbocycles. The summed E-state index contributed by atoms with van der Waals surface area (Å²) in [6.07, 6.45) is 6.06. The van der Waals surface area contributed by atoms with Gasteiger partial charge in [0.1, 0.15) is 5.82 Å². The third-order valence-corrected chi connectivity index (χ3v) is 8.82. The number of carbonyl (C=O) groups is 3. The molecule has 1 aliphatic heterocycles. The van der Waals surface area contributed by atoms with Crippen LogP contribution < -0.4 is 5.32 Å². The summed E-state index contributed by atoms with van der Waals surface area (Å²) in [6.45, 7) is 12.7. The highest BCUT2D eigenvalue weighted by Crippen LogP contribution is 2.52. The number of rotatable bonds is 9. The van der Waals surface area contributed by atoms with Gasteiger partial charge in [0.15, 0.2) is 0 Å². The molecule has 4 unspecified atom stereocenters. The fraction of sp³-hybridized carbons (Fsp3) is 0.389. The molecule has 2 fully saturated rings. The van der Waals surface area contributed by atoms with Crippen molar-refractivity contribution in [2.75, 3.05) is 6.54 Å². The van der Waals surface area contributed by atoms with Crippen LogP contribution in [0.2, 0.25) is 0 Å². The highest BCUT2D eigenvalue weighted by molar-refractivity contribution is 5.82. The van der Waals surface area contributed by atoms with E-state index in [2.05, 4.69) is 29.1 Å². The number of nitrogens with zero attached hydrogens (tertiary/aromatic N) is 3. The van der Waals surface area contributed by atoms with Crippen LogP contribution in [0.15, 0.2) is 67.0 Å². The molecule has 0 radical (unpaired) electrons. The quantitative estimate of drug-likeness (QED) is 0.213. The van der Waals surface area contributed by atoms with Crippen molar-refractivity contribution in [3.63, 3.8) is 0 Å². The second-order valence-corrected chi connectivity index (χ2v) is 11.8. The molecule has 1 saturated heterocycles. The number of aromatic nitrogens is 2. The van der Waals surface area contributed by atoms with Crippen molar-refractivity contribution in [2.24, 2.45) is 11.8 Å². The first kappa shape index (κ1) is 33.4. The van der Waals surface area contributed by atoms with Crippen LogP contribution in [0.4, 0.5) is 4.39 Å². The molecule has 9 heteroatoms. The van der Waals surface area contributed by atoms with Gasteiger partial charge in [-0.15, -0.1) is 0 Å². The van der Waals surface area contributed by atoms with Crippen molar-refractivity contribution in [1.82, 2.24) is 25.1 Å². The SMILES string of the molecule is CC.C[C@@H](NC=O)c1cc2cnccc2[nH]1.Cc1ccc(-c2ccc(F)cc2)cc1CN(C=O)CC(=O)N1C(C)CC2C(C)C21. The largest absolute Gasteiger partial charge is 0.357 e. The van der Waals surface area contributed by atoms with Crippen molar-refractivity contribution in [3.05, 3.63) is 89.6 Å². The summed E-state index contributed by atoms with van der Waals surface area (Å²) in [7, 11) is 0. The standard InChI is InChI=1S/C24H27FN2O2.C10H11N3O.C2H6/c1-15-4-5-19(18-6-8-21(25)9-7-18)11-20(15)12-26(14-28)13-23(29)27-16(2)10-22-17(3)24(22)27;1-7(12-6-14)10-4-8-5-11-3-2-9(8)13-10;1-2/h4-9,11,14,16-17,22,24H,10,12-13H2,1-3H3;2-7,13H,1H3,(H,12,14);1-2H3/t;7-;/m.1./s1. The molecule has 3 amide bonds. The number of carbonyl (C=O) groups excluding carboxylic acids is 3. The lowest BCUT2D eigenvalue weighted by atomic mass is 9.99. The predicted octanol–water partition coefficient (Wildman–Crippen LogP) is 6.41. The number of fused-ring (bicyclic) bond motifs is 2. The zero-order valence-corrected chi connectivity index (χ0v) is 27.0. The van der Waals surface area contributed by atoms with Crippen LogP contribution in [0, 0.1) is 24.6 Å². The van der Waals surface area contributed by atoms with E-state index < -0.39 is 0 Å². The van der Waals surface area contributed by atoms with E-state index >= 15 is 0 Å². The van der Waals surface area contributed by atoms with Crippen molar-refractivity contribution in [3.8, 4) is 11.1 Å². The Morgan fingerprint density at radius 1 is 1.11 bits per heavy atom. The van der Waals surface area contributed by atoms with Gasteiger partial charge in [0.05, 0.1) is 12.6 Å². The zero-order valence-electron chi connectivity index (χ0n) is 27.0. The fourth-order valence-electron chi connectivity index (χ4n) is 6.24. The number of aryl methyl sites for hydroxylation is 1. The highest BCUT2D eigenvalue weighted by atomic mass is 19.1. The lowest BCUT2D eigenvalue weighted by Gasteiger charge is -2.28. The molecule has 2 aromatic heterocycles. The van der Waals surface area contributed by atoms with Crippen LogP contribution in [0.1, 0.15) is 63.9 Å². The molecule has 0 spiro atoms. The number of likely N-dealkylation sites (tertiary alicyclic amines) is 1. The van der Waals surface area contributed by atoms with E-state index in [9.17, 15) is 18.8 Å². The molecule has 0 bridgehead atoms. The maximum atomic E-state index is 13.2. The molecule has 2 aliphatic rings. The van der Waals surface area contributed by atoms with Crippen molar-refractivity contribution in [2.45, 2.75) is 72.6 Å². The van der Waals surface area contributed by atoms with Gasteiger partial charge in [-0.25, -0.2) is 4.39 Å². The van der Waals surface area contributed by atoms with Gasteiger partial charge in [-0.05, 0) is 91.6 Å². The van der Waals surface area contributed by atoms with Gasteiger partial charge in [-0.2, -0.15) is 0 Å². The van der Waals surface area contributed by atoms with Crippen LogP contribution in [0.5, 0.6) is 0 Å². The average Bonchev–Trinajstić information content (AvgIpc) is 3.36. The number of piperidine rings is 1. The van der Waals surface area contributed by atoms with Crippen LogP contribution >= 0.6 is 0 Å².